The molecule has 0 aliphatic carbocycles. The number of hydrogen-bond donors (Lipinski definition) is 0. The molecule has 152 valence electrons. The molecule has 29 heavy (non-hydrogen) atoms. The van der Waals surface area contributed by atoms with Gasteiger partial charge in [-0.1, -0.05) is 6.92 Å². The third kappa shape index (κ3) is 4.62. The van der Waals surface area contributed by atoms with Gasteiger partial charge in [0.05, 0.1) is 25.5 Å². The van der Waals surface area contributed by atoms with Crippen LogP contribution in [0.4, 0.5) is 0 Å². The molecular weight excluding hydrogens is 368 g/mol. The summed E-state index contributed by atoms with van der Waals surface area (Å²) in [5, 5.41) is 0. The minimum atomic E-state index is -0.0532. The van der Waals surface area contributed by atoms with Crippen molar-refractivity contribution in [1.29, 1.82) is 0 Å². The van der Waals surface area contributed by atoms with Crippen LogP contribution in [-0.4, -0.2) is 33.2 Å². The maximum atomic E-state index is 11.9. The highest BCUT2D eigenvalue weighted by Gasteiger charge is 2.15. The molecule has 0 aliphatic heterocycles. The van der Waals surface area contributed by atoms with Crippen molar-refractivity contribution < 1.29 is 9.47 Å². The summed E-state index contributed by atoms with van der Waals surface area (Å²) < 4.78 is 12.8. The van der Waals surface area contributed by atoms with E-state index in [1.807, 2.05) is 26.0 Å². The first-order valence-corrected chi connectivity index (χ1v) is 9.54. The van der Waals surface area contributed by atoms with Gasteiger partial charge in [0, 0.05) is 42.2 Å². The second-order valence-corrected chi connectivity index (χ2v) is 7.03. The number of nitrogens with zero attached hydrogens (tertiary/aromatic N) is 4. The molecule has 7 heteroatoms. The lowest BCUT2D eigenvalue weighted by Crippen LogP contribution is -2.18. The Morgan fingerprint density at radius 3 is 2.55 bits per heavy atom. The van der Waals surface area contributed by atoms with Gasteiger partial charge in [0.1, 0.15) is 11.6 Å². The SMILES string of the molecule is COc1ccc([C@H](C)CCOc2nc(C)ncc2-c2ccc(=O)n(C)c2C)nc1. The fourth-order valence-corrected chi connectivity index (χ4v) is 3.05. The number of pyridine rings is 2. The molecule has 0 saturated carbocycles. The van der Waals surface area contributed by atoms with Crippen molar-refractivity contribution in [3.63, 3.8) is 0 Å². The fraction of sp³-hybridized carbons (Fsp3) is 0.364. The lowest BCUT2D eigenvalue weighted by Gasteiger charge is -2.16. The first-order chi connectivity index (χ1) is 13.9. The monoisotopic (exact) mass is 394 g/mol. The van der Waals surface area contributed by atoms with Crippen LogP contribution in [0.1, 0.15) is 36.5 Å². The zero-order valence-corrected chi connectivity index (χ0v) is 17.5. The largest absolute Gasteiger partial charge is 0.495 e. The molecule has 3 aromatic heterocycles. The third-order valence-corrected chi connectivity index (χ3v) is 5.07. The molecule has 7 nitrogen and oxygen atoms in total. The molecule has 0 radical (unpaired) electrons. The van der Waals surface area contributed by atoms with E-state index >= 15 is 0 Å². The summed E-state index contributed by atoms with van der Waals surface area (Å²) in [5.74, 6) is 2.13. The van der Waals surface area contributed by atoms with Gasteiger partial charge < -0.3 is 14.0 Å². The van der Waals surface area contributed by atoms with Gasteiger partial charge in [0.2, 0.25) is 11.4 Å². The zero-order chi connectivity index (χ0) is 21.0. The van der Waals surface area contributed by atoms with E-state index in [1.165, 1.54) is 0 Å². The normalized spacial score (nSPS) is 11.9. The number of methoxy groups -OCH3 is 1. The van der Waals surface area contributed by atoms with Crippen LogP contribution in [0.15, 0.2) is 41.5 Å². The summed E-state index contributed by atoms with van der Waals surface area (Å²) in [6.07, 6.45) is 4.26. The van der Waals surface area contributed by atoms with Crippen molar-refractivity contribution in [1.82, 2.24) is 19.5 Å². The predicted octanol–water partition coefficient (Wildman–Crippen LogP) is 3.44. The van der Waals surface area contributed by atoms with Gasteiger partial charge in [-0.15, -0.1) is 0 Å². The van der Waals surface area contributed by atoms with Crippen LogP contribution in [0.5, 0.6) is 11.6 Å². The molecule has 3 aromatic rings. The highest BCUT2D eigenvalue weighted by Crippen LogP contribution is 2.30. The predicted molar refractivity (Wildman–Crippen MR) is 111 cm³/mol. The fourth-order valence-electron chi connectivity index (χ4n) is 3.05. The van der Waals surface area contributed by atoms with Crippen molar-refractivity contribution >= 4 is 0 Å². The van der Waals surface area contributed by atoms with Crippen LogP contribution in [-0.2, 0) is 7.05 Å². The number of ether oxygens (including phenoxy) is 2. The molecule has 3 rings (SSSR count). The van der Waals surface area contributed by atoms with Gasteiger partial charge in [0.25, 0.3) is 0 Å². The smallest absolute Gasteiger partial charge is 0.250 e. The summed E-state index contributed by atoms with van der Waals surface area (Å²) >= 11 is 0. The first-order valence-electron chi connectivity index (χ1n) is 9.54. The molecule has 1 atom stereocenters. The molecule has 0 N–H and O–H groups in total. The Hall–Kier alpha value is -3.22. The van der Waals surface area contributed by atoms with Gasteiger partial charge in [-0.25, -0.2) is 4.98 Å². The lowest BCUT2D eigenvalue weighted by atomic mass is 10.0. The number of aromatic nitrogens is 4. The van der Waals surface area contributed by atoms with Gasteiger partial charge in [0.15, 0.2) is 0 Å². The van der Waals surface area contributed by atoms with Crippen molar-refractivity contribution in [2.24, 2.45) is 7.05 Å². The summed E-state index contributed by atoms with van der Waals surface area (Å²) in [7, 11) is 3.38. The molecule has 0 saturated heterocycles. The van der Waals surface area contributed by atoms with Crippen LogP contribution in [0.25, 0.3) is 11.1 Å². The van der Waals surface area contributed by atoms with E-state index < -0.39 is 0 Å². The summed E-state index contributed by atoms with van der Waals surface area (Å²) in [4.78, 5) is 25.1. The average molecular weight is 394 g/mol. The van der Waals surface area contributed by atoms with Gasteiger partial charge in [-0.3, -0.25) is 9.78 Å². The number of hydrogen-bond acceptors (Lipinski definition) is 6. The van der Waals surface area contributed by atoms with Gasteiger partial charge in [-0.05, 0) is 38.5 Å². The van der Waals surface area contributed by atoms with Crippen LogP contribution < -0.4 is 15.0 Å². The van der Waals surface area contributed by atoms with E-state index in [9.17, 15) is 4.79 Å². The average Bonchev–Trinajstić information content (AvgIpc) is 2.73. The molecular formula is C22H26N4O3. The Morgan fingerprint density at radius 1 is 1.07 bits per heavy atom. The molecule has 0 bridgehead atoms. The van der Waals surface area contributed by atoms with E-state index in [0.717, 1.165) is 34.7 Å². The van der Waals surface area contributed by atoms with Crippen molar-refractivity contribution in [3.8, 4) is 22.8 Å². The standard InChI is InChI=1S/C22H26N4O3/c1-14(20-8-6-17(28-5)12-24-20)10-11-29-22-19(13-23-16(3)25-22)18-7-9-21(27)26(4)15(18)2/h6-9,12-14H,10-11H2,1-5H3/t14-/m1/s1. The Kier molecular flexibility index (Phi) is 6.26. The van der Waals surface area contributed by atoms with Crippen LogP contribution >= 0.6 is 0 Å². The maximum absolute atomic E-state index is 11.9. The van der Waals surface area contributed by atoms with E-state index in [1.54, 1.807) is 43.3 Å². The minimum Gasteiger partial charge on any atom is -0.495 e. The van der Waals surface area contributed by atoms with Crippen LogP contribution in [0, 0.1) is 13.8 Å². The topological polar surface area (TPSA) is 79.1 Å². The Labute approximate surface area is 170 Å². The van der Waals surface area contributed by atoms with Crippen molar-refractivity contribution in [2.75, 3.05) is 13.7 Å². The summed E-state index contributed by atoms with van der Waals surface area (Å²) in [5.41, 5.74) is 3.43. The Balaban J connectivity index is 1.76. The van der Waals surface area contributed by atoms with Crippen LogP contribution in [0.3, 0.4) is 0 Å². The Morgan fingerprint density at radius 2 is 1.86 bits per heavy atom. The molecule has 0 spiro atoms. The van der Waals surface area contributed by atoms with Gasteiger partial charge in [-0.2, -0.15) is 4.98 Å². The summed E-state index contributed by atoms with van der Waals surface area (Å²) in [6, 6.07) is 7.22. The van der Waals surface area contributed by atoms with Crippen molar-refractivity contribution in [3.05, 3.63) is 64.2 Å². The number of rotatable bonds is 7. The van der Waals surface area contributed by atoms with E-state index in [2.05, 4.69) is 21.9 Å². The number of aryl methyl sites for hydroxylation is 1. The molecule has 0 unspecified atom stereocenters. The van der Waals surface area contributed by atoms with E-state index in [-0.39, 0.29) is 11.5 Å². The van der Waals surface area contributed by atoms with E-state index in [0.29, 0.717) is 18.3 Å². The van der Waals surface area contributed by atoms with E-state index in [4.69, 9.17) is 9.47 Å². The first kappa shape index (κ1) is 20.5. The minimum absolute atomic E-state index is 0.0532. The lowest BCUT2D eigenvalue weighted by molar-refractivity contribution is 0.289. The zero-order valence-electron chi connectivity index (χ0n) is 17.5. The molecule has 0 amide bonds. The quantitative estimate of drug-likeness (QED) is 0.611. The molecule has 3 heterocycles. The molecule has 0 aromatic carbocycles. The highest BCUT2D eigenvalue weighted by molar-refractivity contribution is 5.69. The molecule has 0 fully saturated rings. The van der Waals surface area contributed by atoms with Crippen LogP contribution in [0.2, 0.25) is 0 Å². The Bertz CT molecular complexity index is 1040. The van der Waals surface area contributed by atoms with Crippen molar-refractivity contribution in [2.45, 2.75) is 33.1 Å². The molecule has 0 aliphatic rings. The van der Waals surface area contributed by atoms with Gasteiger partial charge >= 0.3 is 0 Å². The highest BCUT2D eigenvalue weighted by atomic mass is 16.5. The maximum Gasteiger partial charge on any atom is 0.250 e. The second kappa shape index (κ2) is 8.86. The third-order valence-electron chi connectivity index (χ3n) is 5.07. The second-order valence-electron chi connectivity index (χ2n) is 7.03. The summed E-state index contributed by atoms with van der Waals surface area (Å²) in [6.45, 7) is 6.33.